The molecule has 0 radical (unpaired) electrons. The molecule has 1 heterocycles. The first kappa shape index (κ1) is 23.8. The molecule has 0 spiro atoms. The van der Waals surface area contributed by atoms with Gasteiger partial charge in [0.05, 0.1) is 5.02 Å². The molecule has 184 valence electrons. The van der Waals surface area contributed by atoms with E-state index in [1.54, 1.807) is 18.2 Å². The van der Waals surface area contributed by atoms with E-state index in [9.17, 15) is 14.0 Å². The molecule has 3 aliphatic carbocycles. The second kappa shape index (κ2) is 8.65. The number of halogens is 2. The van der Waals surface area contributed by atoms with E-state index in [1.165, 1.54) is 25.3 Å². The number of likely N-dealkylation sites (N-methyl/N-ethyl adjacent to an activating group) is 1. The second-order valence-corrected chi connectivity index (χ2v) is 12.1. The van der Waals surface area contributed by atoms with Crippen LogP contribution in [-0.2, 0) is 16.1 Å². The Morgan fingerprint density at radius 2 is 1.97 bits per heavy atom. The lowest BCUT2D eigenvalue weighted by Gasteiger charge is -2.60. The van der Waals surface area contributed by atoms with E-state index >= 15 is 0 Å². The van der Waals surface area contributed by atoms with Crippen LogP contribution < -0.4 is 5.32 Å². The van der Waals surface area contributed by atoms with Crippen LogP contribution in [0, 0.1) is 40.3 Å². The van der Waals surface area contributed by atoms with Crippen molar-refractivity contribution in [3.05, 3.63) is 46.8 Å². The molecule has 5 rings (SSSR count). The van der Waals surface area contributed by atoms with Crippen LogP contribution in [0.5, 0.6) is 0 Å². The smallest absolute Gasteiger partial charge is 0.246 e. The molecule has 3 fully saturated rings. The van der Waals surface area contributed by atoms with Gasteiger partial charge in [-0.1, -0.05) is 37.6 Å². The van der Waals surface area contributed by atoms with Crippen LogP contribution >= 0.6 is 11.6 Å². The highest BCUT2D eigenvalue weighted by atomic mass is 35.5. The number of nitrogens with one attached hydrogen (secondary N) is 1. The first-order valence-corrected chi connectivity index (χ1v) is 13.2. The zero-order valence-electron chi connectivity index (χ0n) is 20.4. The minimum atomic E-state index is -0.442. The Hall–Kier alpha value is -1.88. The number of carbonyl (C=O) groups excluding carboxylic acids is 2. The molecule has 2 amide bonds. The van der Waals surface area contributed by atoms with Gasteiger partial charge in [-0.25, -0.2) is 4.39 Å². The number of hydrogen-bond acceptors (Lipinski definition) is 2. The summed E-state index contributed by atoms with van der Waals surface area (Å²) in [7, 11) is 1.96. The summed E-state index contributed by atoms with van der Waals surface area (Å²) in [5.74, 6) is 2.08. The summed E-state index contributed by atoms with van der Waals surface area (Å²) in [6, 6.07) is 4.89. The summed E-state index contributed by atoms with van der Waals surface area (Å²) in [5.41, 5.74) is 1.06. The van der Waals surface area contributed by atoms with Gasteiger partial charge in [-0.2, -0.15) is 0 Å². The lowest BCUT2D eigenvalue weighted by Crippen LogP contribution is -2.59. The maximum Gasteiger partial charge on any atom is 0.246 e. The molecule has 1 aromatic carbocycles. The van der Waals surface area contributed by atoms with Crippen molar-refractivity contribution in [1.82, 2.24) is 10.2 Å². The summed E-state index contributed by atoms with van der Waals surface area (Å²) in [4.78, 5) is 27.1. The SMILES string of the molecule is CN1C(=O)C=C[C@]2(C)[C@H]3CC[C@]4(C)[C@@H](CC(=O)NCc5ccc(F)c(Cl)c5)CC[C@H]4[C@@H]3CC[C@@H]12. The lowest BCUT2D eigenvalue weighted by molar-refractivity contribution is -0.139. The molecular formula is C28H36ClFN2O2. The predicted octanol–water partition coefficient (Wildman–Crippen LogP) is 5.74. The standard InChI is InChI=1S/C28H36ClFN2O2/c1-27-12-10-21-19(6-9-24-28(21,2)13-11-26(34)32(24)3)20(27)7-5-18(27)15-25(33)31-16-17-4-8-23(30)22(29)14-17/h4,8,11,13-14,18-21,24H,5-7,9-10,12,15-16H2,1-3H3,(H,31,33)/t18-,19+,20+,21+,24-,27-,28-/m1/s1. The highest BCUT2D eigenvalue weighted by Gasteiger charge is 2.60. The highest BCUT2D eigenvalue weighted by Crippen LogP contribution is 2.65. The van der Waals surface area contributed by atoms with Gasteiger partial charge >= 0.3 is 0 Å². The molecule has 1 aliphatic heterocycles. The Labute approximate surface area is 207 Å². The summed E-state index contributed by atoms with van der Waals surface area (Å²) < 4.78 is 13.4. The Bertz CT molecular complexity index is 1030. The van der Waals surface area contributed by atoms with Crippen LogP contribution in [0.15, 0.2) is 30.4 Å². The topological polar surface area (TPSA) is 49.4 Å². The summed E-state index contributed by atoms with van der Waals surface area (Å²) in [6.07, 6.45) is 11.4. The van der Waals surface area contributed by atoms with E-state index < -0.39 is 5.82 Å². The molecule has 7 atom stereocenters. The minimum absolute atomic E-state index is 0.0544. The fourth-order valence-electron chi connectivity index (χ4n) is 8.33. The number of nitrogens with zero attached hydrogens (tertiary/aromatic N) is 1. The Kier molecular flexibility index (Phi) is 6.07. The zero-order chi connectivity index (χ0) is 24.3. The average molecular weight is 487 g/mol. The average Bonchev–Trinajstić information content (AvgIpc) is 3.13. The van der Waals surface area contributed by atoms with Gasteiger partial charge in [0, 0.05) is 31.5 Å². The molecule has 0 bridgehead atoms. The zero-order valence-corrected chi connectivity index (χ0v) is 21.2. The maximum absolute atomic E-state index is 13.4. The molecular weight excluding hydrogens is 451 g/mol. The van der Waals surface area contributed by atoms with Crippen LogP contribution in [-0.4, -0.2) is 29.8 Å². The van der Waals surface area contributed by atoms with Gasteiger partial charge < -0.3 is 10.2 Å². The van der Waals surface area contributed by atoms with Crippen molar-refractivity contribution in [3.8, 4) is 0 Å². The van der Waals surface area contributed by atoms with Gasteiger partial charge in [0.2, 0.25) is 11.8 Å². The van der Waals surface area contributed by atoms with Crippen molar-refractivity contribution in [3.63, 3.8) is 0 Å². The summed E-state index contributed by atoms with van der Waals surface area (Å²) >= 11 is 5.87. The summed E-state index contributed by atoms with van der Waals surface area (Å²) in [6.45, 7) is 5.17. The van der Waals surface area contributed by atoms with E-state index in [0.29, 0.717) is 42.7 Å². The Morgan fingerprint density at radius 3 is 2.74 bits per heavy atom. The molecule has 0 aromatic heterocycles. The first-order chi connectivity index (χ1) is 16.1. The van der Waals surface area contributed by atoms with Gasteiger partial charge in [0.25, 0.3) is 0 Å². The predicted molar refractivity (Wildman–Crippen MR) is 131 cm³/mol. The molecule has 4 nitrogen and oxygen atoms in total. The van der Waals surface area contributed by atoms with Crippen molar-refractivity contribution in [2.45, 2.75) is 71.4 Å². The van der Waals surface area contributed by atoms with Crippen LogP contribution in [0.25, 0.3) is 0 Å². The summed E-state index contributed by atoms with van der Waals surface area (Å²) in [5, 5.41) is 3.11. The molecule has 4 aliphatic rings. The van der Waals surface area contributed by atoms with Gasteiger partial charge in [-0.3, -0.25) is 9.59 Å². The van der Waals surface area contributed by atoms with E-state index in [0.717, 1.165) is 24.8 Å². The van der Waals surface area contributed by atoms with Crippen molar-refractivity contribution in [1.29, 1.82) is 0 Å². The van der Waals surface area contributed by atoms with Gasteiger partial charge in [0.1, 0.15) is 5.82 Å². The van der Waals surface area contributed by atoms with Gasteiger partial charge in [0.15, 0.2) is 0 Å². The quantitative estimate of drug-likeness (QED) is 0.589. The Morgan fingerprint density at radius 1 is 1.18 bits per heavy atom. The number of benzene rings is 1. The lowest BCUT2D eigenvalue weighted by atomic mass is 9.47. The molecule has 0 unspecified atom stereocenters. The number of fused-ring (bicyclic) bond motifs is 5. The van der Waals surface area contributed by atoms with E-state index in [-0.39, 0.29) is 27.7 Å². The van der Waals surface area contributed by atoms with Gasteiger partial charge in [-0.15, -0.1) is 0 Å². The van der Waals surface area contributed by atoms with E-state index in [2.05, 4.69) is 25.2 Å². The number of rotatable bonds is 4. The highest BCUT2D eigenvalue weighted by molar-refractivity contribution is 6.30. The first-order valence-electron chi connectivity index (χ1n) is 12.8. The normalized spacial score (nSPS) is 38.8. The van der Waals surface area contributed by atoms with Crippen molar-refractivity contribution in [2.75, 3.05) is 7.05 Å². The molecule has 3 saturated carbocycles. The molecule has 1 N–H and O–H groups in total. The van der Waals surface area contributed by atoms with E-state index in [4.69, 9.17) is 11.6 Å². The third-order valence-electron chi connectivity index (χ3n) is 10.2. The van der Waals surface area contributed by atoms with Crippen LogP contribution in [0.2, 0.25) is 5.02 Å². The minimum Gasteiger partial charge on any atom is -0.352 e. The molecule has 34 heavy (non-hydrogen) atoms. The molecule has 6 heteroatoms. The van der Waals surface area contributed by atoms with Crippen LogP contribution in [0.4, 0.5) is 4.39 Å². The maximum atomic E-state index is 13.4. The monoisotopic (exact) mass is 486 g/mol. The van der Waals surface area contributed by atoms with Crippen LogP contribution in [0.3, 0.4) is 0 Å². The third kappa shape index (κ3) is 3.79. The fraction of sp³-hybridized carbons (Fsp3) is 0.643. The second-order valence-electron chi connectivity index (χ2n) is 11.7. The fourth-order valence-corrected chi connectivity index (χ4v) is 8.53. The number of carbonyl (C=O) groups is 2. The number of amides is 2. The van der Waals surface area contributed by atoms with Crippen molar-refractivity contribution < 1.29 is 14.0 Å². The largest absolute Gasteiger partial charge is 0.352 e. The van der Waals surface area contributed by atoms with E-state index in [1.807, 2.05) is 11.9 Å². The number of hydrogen-bond donors (Lipinski definition) is 1. The van der Waals surface area contributed by atoms with Crippen LogP contribution in [0.1, 0.15) is 64.4 Å². The van der Waals surface area contributed by atoms with Gasteiger partial charge in [-0.05, 0) is 91.4 Å². The molecule has 1 aromatic rings. The van der Waals surface area contributed by atoms with Crippen molar-refractivity contribution in [2.24, 2.45) is 34.5 Å². The molecule has 0 saturated heterocycles. The Balaban J connectivity index is 1.25. The third-order valence-corrected chi connectivity index (χ3v) is 10.5. The van der Waals surface area contributed by atoms with Crippen molar-refractivity contribution >= 4 is 23.4 Å².